The topological polar surface area (TPSA) is 58.9 Å². The predicted octanol–water partition coefficient (Wildman–Crippen LogP) is 7.97. The number of phenols is 1. The van der Waals surface area contributed by atoms with Crippen molar-refractivity contribution in [3.05, 3.63) is 40.9 Å². The lowest BCUT2D eigenvalue weighted by molar-refractivity contribution is 0.282. The molecule has 0 bridgehead atoms. The Labute approximate surface area is 200 Å². The number of hydrogen-bond acceptors (Lipinski definition) is 4. The largest absolute Gasteiger partial charge is 0.543 e. The van der Waals surface area contributed by atoms with Gasteiger partial charge in [0.15, 0.2) is 0 Å². The number of aromatic hydroxyl groups is 1. The van der Waals surface area contributed by atoms with Gasteiger partial charge in [0.1, 0.15) is 17.2 Å². The van der Waals surface area contributed by atoms with Crippen LogP contribution in [0.1, 0.15) is 47.1 Å². The van der Waals surface area contributed by atoms with Gasteiger partial charge in [0.05, 0.1) is 11.6 Å². The summed E-state index contributed by atoms with van der Waals surface area (Å²) in [6.07, 6.45) is 0. The van der Waals surface area contributed by atoms with Gasteiger partial charge in [0.25, 0.3) is 8.32 Å². The number of rotatable bonds is 6. The second-order valence-corrected chi connectivity index (χ2v) is 21.4. The average Bonchev–Trinajstić information content (AvgIpc) is 2.62. The van der Waals surface area contributed by atoms with Crippen molar-refractivity contribution in [2.24, 2.45) is 0 Å². The Kier molecular flexibility index (Phi) is 7.57. The predicted molar refractivity (Wildman–Crippen MR) is 140 cm³/mol. The normalized spacial score (nSPS) is 13.2. The molecule has 0 saturated heterocycles. The van der Waals surface area contributed by atoms with Crippen LogP contribution >= 0.6 is 11.6 Å². The molecule has 0 radical (unpaired) electrons. The maximum absolute atomic E-state index is 10.8. The van der Waals surface area contributed by atoms with E-state index in [1.54, 1.807) is 12.1 Å². The van der Waals surface area contributed by atoms with Gasteiger partial charge in [0.2, 0.25) is 8.32 Å². The highest BCUT2D eigenvalue weighted by Crippen LogP contribution is 2.44. The first-order chi connectivity index (χ1) is 14.4. The lowest BCUT2D eigenvalue weighted by atomic mass is 9.98. The second-order valence-electron chi connectivity index (χ2n) is 11.5. The number of hydrogen-bond donors (Lipinski definition) is 2. The number of phenolic OH excluding ortho intramolecular Hbond substituents is 1. The highest BCUT2D eigenvalue weighted by Gasteiger charge is 2.40. The number of aliphatic hydroxyl groups excluding tert-OH is 1. The standard InChI is InChI=1S/C25H39ClO4Si2/c1-24(2,3)31(7,8)29-18-11-12-19(17(13-18)16-27)20-14-21(26)23(15-22(20)28)30-32(9,10)25(4,5)6/h11-15,27-28H,16H2,1-10H3. The molecule has 32 heavy (non-hydrogen) atoms. The average molecular weight is 495 g/mol. The van der Waals surface area contributed by atoms with E-state index in [0.717, 1.165) is 5.75 Å². The van der Waals surface area contributed by atoms with Gasteiger partial charge in [-0.3, -0.25) is 0 Å². The molecule has 0 amide bonds. The van der Waals surface area contributed by atoms with Gasteiger partial charge in [-0.05, 0) is 65.6 Å². The van der Waals surface area contributed by atoms with Crippen LogP contribution in [0.3, 0.4) is 0 Å². The van der Waals surface area contributed by atoms with Gasteiger partial charge < -0.3 is 19.1 Å². The van der Waals surface area contributed by atoms with Gasteiger partial charge in [0, 0.05) is 11.6 Å². The van der Waals surface area contributed by atoms with Crippen molar-refractivity contribution in [1.29, 1.82) is 0 Å². The van der Waals surface area contributed by atoms with E-state index in [4.69, 9.17) is 20.5 Å². The first-order valence-electron chi connectivity index (χ1n) is 11.0. The third kappa shape index (κ3) is 5.71. The Bertz CT molecular complexity index is 973. The van der Waals surface area contributed by atoms with Crippen molar-refractivity contribution >= 4 is 28.2 Å². The molecule has 0 aromatic heterocycles. The van der Waals surface area contributed by atoms with Crippen LogP contribution in [-0.2, 0) is 6.61 Å². The van der Waals surface area contributed by atoms with E-state index in [2.05, 4.69) is 67.7 Å². The Balaban J connectivity index is 2.45. The van der Waals surface area contributed by atoms with Crippen LogP contribution in [0.4, 0.5) is 0 Å². The van der Waals surface area contributed by atoms with E-state index in [9.17, 15) is 10.2 Å². The number of benzene rings is 2. The van der Waals surface area contributed by atoms with E-state index >= 15 is 0 Å². The highest BCUT2D eigenvalue weighted by atomic mass is 35.5. The lowest BCUT2D eigenvalue weighted by Gasteiger charge is -2.37. The first kappa shape index (κ1) is 26.8. The third-order valence-electron chi connectivity index (χ3n) is 6.94. The smallest absolute Gasteiger partial charge is 0.250 e. The molecule has 0 fully saturated rings. The zero-order valence-corrected chi connectivity index (χ0v) is 23.9. The summed E-state index contributed by atoms with van der Waals surface area (Å²) >= 11 is 6.58. The molecule has 2 rings (SSSR count). The molecule has 2 aromatic rings. The molecule has 0 atom stereocenters. The molecule has 0 saturated carbocycles. The van der Waals surface area contributed by atoms with Crippen molar-refractivity contribution in [3.63, 3.8) is 0 Å². The quantitative estimate of drug-likeness (QED) is 0.399. The highest BCUT2D eigenvalue weighted by molar-refractivity contribution is 6.75. The second kappa shape index (κ2) is 9.05. The van der Waals surface area contributed by atoms with Crippen LogP contribution in [-0.4, -0.2) is 26.8 Å². The molecule has 0 spiro atoms. The third-order valence-corrected chi connectivity index (χ3v) is 15.9. The SMILES string of the molecule is CC(C)(C)[Si](C)(C)Oc1ccc(-c2cc(Cl)c(O[Si](C)(C)C(C)(C)C)cc2O)c(CO)c1. The first-order valence-corrected chi connectivity index (χ1v) is 17.2. The van der Waals surface area contributed by atoms with Gasteiger partial charge in [-0.25, -0.2) is 0 Å². The van der Waals surface area contributed by atoms with Crippen LogP contribution in [0.15, 0.2) is 30.3 Å². The van der Waals surface area contributed by atoms with E-state index in [0.29, 0.717) is 27.5 Å². The van der Waals surface area contributed by atoms with E-state index in [1.165, 1.54) is 0 Å². The van der Waals surface area contributed by atoms with Crippen molar-refractivity contribution in [2.75, 3.05) is 0 Å². The Morgan fingerprint density at radius 3 is 1.84 bits per heavy atom. The van der Waals surface area contributed by atoms with Crippen LogP contribution < -0.4 is 8.85 Å². The summed E-state index contributed by atoms with van der Waals surface area (Å²) in [5, 5.41) is 21.4. The fourth-order valence-electron chi connectivity index (χ4n) is 2.74. The fourth-order valence-corrected chi connectivity index (χ4v) is 5.05. The molecular weight excluding hydrogens is 456 g/mol. The van der Waals surface area contributed by atoms with Crippen LogP contribution in [0.2, 0.25) is 41.3 Å². The molecule has 2 N–H and O–H groups in total. The van der Waals surface area contributed by atoms with Gasteiger partial charge in [-0.2, -0.15) is 0 Å². The fraction of sp³-hybridized carbons (Fsp3) is 0.520. The summed E-state index contributed by atoms with van der Waals surface area (Å²) in [5.41, 5.74) is 1.94. The summed E-state index contributed by atoms with van der Waals surface area (Å²) in [7, 11) is -4.12. The minimum Gasteiger partial charge on any atom is -0.543 e. The Morgan fingerprint density at radius 2 is 1.34 bits per heavy atom. The van der Waals surface area contributed by atoms with E-state index < -0.39 is 16.6 Å². The zero-order chi connectivity index (χ0) is 24.7. The molecule has 2 aromatic carbocycles. The number of aliphatic hydroxyl groups is 1. The summed E-state index contributed by atoms with van der Waals surface area (Å²) in [5.74, 6) is 1.28. The Morgan fingerprint density at radius 1 is 0.812 bits per heavy atom. The number of halogens is 1. The van der Waals surface area contributed by atoms with Gasteiger partial charge >= 0.3 is 0 Å². The minimum absolute atomic E-state index is 0.00858. The molecule has 4 nitrogen and oxygen atoms in total. The van der Waals surface area contributed by atoms with Crippen LogP contribution in [0, 0.1) is 0 Å². The molecule has 0 heterocycles. The molecule has 178 valence electrons. The van der Waals surface area contributed by atoms with Crippen molar-refractivity contribution in [2.45, 2.75) is 84.4 Å². The van der Waals surface area contributed by atoms with Gasteiger partial charge in [-0.15, -0.1) is 0 Å². The molecule has 7 heteroatoms. The molecule has 0 aliphatic rings. The molecule has 0 aliphatic carbocycles. The Hall–Kier alpha value is -1.48. The monoisotopic (exact) mass is 494 g/mol. The van der Waals surface area contributed by atoms with Gasteiger partial charge in [-0.1, -0.05) is 59.2 Å². The maximum Gasteiger partial charge on any atom is 0.250 e. The molecular formula is C25H39ClO4Si2. The zero-order valence-electron chi connectivity index (χ0n) is 21.2. The summed E-state index contributed by atoms with van der Waals surface area (Å²) in [6.45, 7) is 21.5. The maximum atomic E-state index is 10.8. The lowest BCUT2D eigenvalue weighted by Crippen LogP contribution is -2.43. The van der Waals surface area contributed by atoms with E-state index in [1.807, 2.05) is 18.2 Å². The molecule has 0 unspecified atom stereocenters. The van der Waals surface area contributed by atoms with E-state index in [-0.39, 0.29) is 22.4 Å². The minimum atomic E-state index is -2.11. The van der Waals surface area contributed by atoms with Crippen molar-refractivity contribution in [1.82, 2.24) is 0 Å². The molecule has 0 aliphatic heterocycles. The van der Waals surface area contributed by atoms with Crippen molar-refractivity contribution in [3.8, 4) is 28.4 Å². The summed E-state index contributed by atoms with van der Waals surface area (Å²) in [6, 6.07) is 8.90. The van der Waals surface area contributed by atoms with Crippen LogP contribution in [0.25, 0.3) is 11.1 Å². The summed E-state index contributed by atoms with van der Waals surface area (Å²) < 4.78 is 12.7. The summed E-state index contributed by atoms with van der Waals surface area (Å²) in [4.78, 5) is 0. The van der Waals surface area contributed by atoms with Crippen LogP contribution in [0.5, 0.6) is 17.2 Å². The van der Waals surface area contributed by atoms with Crippen molar-refractivity contribution < 1.29 is 19.1 Å².